The van der Waals surface area contributed by atoms with Crippen LogP contribution >= 0.6 is 11.6 Å². The third kappa shape index (κ3) is 2.97. The molecule has 1 aromatic rings. The molecule has 1 aliphatic rings. The molecule has 0 amide bonds. The van der Waals surface area contributed by atoms with Crippen molar-refractivity contribution in [2.75, 3.05) is 20.3 Å². The fourth-order valence-electron chi connectivity index (χ4n) is 2.30. The molecule has 1 N–H and O–H groups in total. The number of ether oxygens (including phenoxy) is 1. The first kappa shape index (κ1) is 11.9. The van der Waals surface area contributed by atoms with Crippen LogP contribution in [-0.2, 0) is 11.2 Å². The zero-order valence-corrected chi connectivity index (χ0v) is 10.3. The van der Waals surface area contributed by atoms with Gasteiger partial charge >= 0.3 is 0 Å². The molecule has 0 radical (unpaired) electrons. The molecule has 1 aromatic carbocycles. The van der Waals surface area contributed by atoms with E-state index in [1.54, 1.807) is 0 Å². The van der Waals surface area contributed by atoms with Crippen LogP contribution < -0.4 is 5.32 Å². The normalized spacial score (nSPS) is 25.6. The van der Waals surface area contributed by atoms with Crippen molar-refractivity contribution >= 4 is 11.6 Å². The Labute approximate surface area is 102 Å². The van der Waals surface area contributed by atoms with Gasteiger partial charge in [-0.05, 0) is 37.6 Å². The van der Waals surface area contributed by atoms with E-state index in [0.29, 0.717) is 12.0 Å². The third-order valence-corrected chi connectivity index (χ3v) is 3.51. The van der Waals surface area contributed by atoms with E-state index in [0.717, 1.165) is 31.1 Å². The summed E-state index contributed by atoms with van der Waals surface area (Å²) < 4.78 is 5.54. The lowest BCUT2D eigenvalue weighted by molar-refractivity contribution is 0.0342. The fraction of sp³-hybridized carbons (Fsp3) is 0.538. The average molecular weight is 240 g/mol. The van der Waals surface area contributed by atoms with Crippen molar-refractivity contribution in [3.63, 3.8) is 0 Å². The third-order valence-electron chi connectivity index (χ3n) is 3.26. The molecule has 0 aliphatic carbocycles. The lowest BCUT2D eigenvalue weighted by Crippen LogP contribution is -2.41. The van der Waals surface area contributed by atoms with E-state index in [4.69, 9.17) is 16.3 Å². The molecule has 1 aliphatic heterocycles. The lowest BCUT2D eigenvalue weighted by Gasteiger charge is -2.31. The Hall–Kier alpha value is -0.570. The topological polar surface area (TPSA) is 21.3 Å². The summed E-state index contributed by atoms with van der Waals surface area (Å²) in [5.41, 5.74) is 1.33. The van der Waals surface area contributed by atoms with E-state index in [1.807, 2.05) is 19.2 Å². The quantitative estimate of drug-likeness (QED) is 0.875. The van der Waals surface area contributed by atoms with E-state index in [1.165, 1.54) is 5.56 Å². The van der Waals surface area contributed by atoms with Crippen molar-refractivity contribution in [1.29, 1.82) is 0 Å². The second kappa shape index (κ2) is 5.67. The minimum absolute atomic E-state index is 0.569. The first-order chi connectivity index (χ1) is 7.79. The van der Waals surface area contributed by atoms with Gasteiger partial charge in [-0.1, -0.05) is 23.7 Å². The summed E-state index contributed by atoms with van der Waals surface area (Å²) in [6.07, 6.45) is 2.16. The number of benzene rings is 1. The van der Waals surface area contributed by atoms with Crippen LogP contribution in [0.4, 0.5) is 0 Å². The van der Waals surface area contributed by atoms with Crippen LogP contribution in [0.25, 0.3) is 0 Å². The number of rotatable bonds is 3. The summed E-state index contributed by atoms with van der Waals surface area (Å²) in [7, 11) is 2.03. The van der Waals surface area contributed by atoms with Crippen LogP contribution in [0, 0.1) is 5.92 Å². The van der Waals surface area contributed by atoms with Gasteiger partial charge in [-0.2, -0.15) is 0 Å². The molecule has 1 saturated heterocycles. The summed E-state index contributed by atoms with van der Waals surface area (Å²) in [5, 5.41) is 4.18. The molecular weight excluding hydrogens is 222 g/mol. The van der Waals surface area contributed by atoms with Crippen molar-refractivity contribution in [3.8, 4) is 0 Å². The molecule has 2 rings (SSSR count). The Morgan fingerprint density at radius 1 is 1.38 bits per heavy atom. The molecule has 2 atom stereocenters. The maximum absolute atomic E-state index is 5.87. The largest absolute Gasteiger partial charge is 0.381 e. The maximum Gasteiger partial charge on any atom is 0.0512 e. The van der Waals surface area contributed by atoms with Crippen molar-refractivity contribution in [1.82, 2.24) is 5.32 Å². The second-order valence-electron chi connectivity index (χ2n) is 4.35. The van der Waals surface area contributed by atoms with Gasteiger partial charge in [0, 0.05) is 23.6 Å². The van der Waals surface area contributed by atoms with Gasteiger partial charge in [0.25, 0.3) is 0 Å². The van der Waals surface area contributed by atoms with Crippen molar-refractivity contribution < 1.29 is 4.74 Å². The molecule has 16 heavy (non-hydrogen) atoms. The number of halogens is 1. The number of hydrogen-bond donors (Lipinski definition) is 1. The van der Waals surface area contributed by atoms with Crippen LogP contribution in [0.5, 0.6) is 0 Å². The minimum Gasteiger partial charge on any atom is -0.381 e. The van der Waals surface area contributed by atoms with Gasteiger partial charge in [0.15, 0.2) is 0 Å². The van der Waals surface area contributed by atoms with Gasteiger partial charge in [0.05, 0.1) is 6.61 Å². The minimum atomic E-state index is 0.569. The van der Waals surface area contributed by atoms with Gasteiger partial charge in [-0.3, -0.25) is 0 Å². The van der Waals surface area contributed by atoms with Crippen LogP contribution in [0.3, 0.4) is 0 Å². The molecule has 1 fully saturated rings. The van der Waals surface area contributed by atoms with Gasteiger partial charge in [-0.15, -0.1) is 0 Å². The summed E-state index contributed by atoms with van der Waals surface area (Å²) >= 11 is 5.87. The Kier molecular flexibility index (Phi) is 4.22. The molecular formula is C13H18ClNO. The first-order valence-corrected chi connectivity index (χ1v) is 6.17. The van der Waals surface area contributed by atoms with Crippen LogP contribution in [0.15, 0.2) is 24.3 Å². The van der Waals surface area contributed by atoms with Gasteiger partial charge in [-0.25, -0.2) is 0 Å². The molecule has 1 heterocycles. The zero-order chi connectivity index (χ0) is 11.4. The Morgan fingerprint density at radius 2 is 2.12 bits per heavy atom. The summed E-state index contributed by atoms with van der Waals surface area (Å²) in [6.45, 7) is 1.73. The van der Waals surface area contributed by atoms with E-state index < -0.39 is 0 Å². The Balaban J connectivity index is 1.99. The summed E-state index contributed by atoms with van der Waals surface area (Å²) in [4.78, 5) is 0. The van der Waals surface area contributed by atoms with E-state index >= 15 is 0 Å². The van der Waals surface area contributed by atoms with Crippen molar-refractivity contribution in [2.45, 2.75) is 18.9 Å². The van der Waals surface area contributed by atoms with E-state index in [9.17, 15) is 0 Å². The molecule has 88 valence electrons. The molecule has 0 bridgehead atoms. The molecule has 0 saturated carbocycles. The standard InChI is InChI=1S/C13H18ClNO/c1-15-13-6-7-16-9-11(13)8-10-2-4-12(14)5-3-10/h2-5,11,13,15H,6-9H2,1H3/t11-,13-/m0/s1. The van der Waals surface area contributed by atoms with Gasteiger partial charge in [0.2, 0.25) is 0 Å². The highest BCUT2D eigenvalue weighted by Gasteiger charge is 2.24. The van der Waals surface area contributed by atoms with E-state index in [2.05, 4.69) is 17.4 Å². The van der Waals surface area contributed by atoms with Crippen molar-refractivity contribution in [2.24, 2.45) is 5.92 Å². The molecule has 0 unspecified atom stereocenters. The Bertz CT molecular complexity index is 325. The average Bonchev–Trinajstić information content (AvgIpc) is 2.33. The first-order valence-electron chi connectivity index (χ1n) is 5.79. The predicted octanol–water partition coefficient (Wildman–Crippen LogP) is 2.51. The summed E-state index contributed by atoms with van der Waals surface area (Å²) in [5.74, 6) is 0.569. The monoisotopic (exact) mass is 239 g/mol. The van der Waals surface area contributed by atoms with Crippen LogP contribution in [0.1, 0.15) is 12.0 Å². The molecule has 2 nitrogen and oxygen atoms in total. The zero-order valence-electron chi connectivity index (χ0n) is 9.58. The second-order valence-corrected chi connectivity index (χ2v) is 4.79. The summed E-state index contributed by atoms with van der Waals surface area (Å²) in [6, 6.07) is 8.68. The van der Waals surface area contributed by atoms with Crippen LogP contribution in [0.2, 0.25) is 5.02 Å². The molecule has 0 aromatic heterocycles. The number of nitrogens with one attached hydrogen (secondary N) is 1. The highest BCUT2D eigenvalue weighted by atomic mass is 35.5. The lowest BCUT2D eigenvalue weighted by atomic mass is 9.89. The van der Waals surface area contributed by atoms with Gasteiger partial charge < -0.3 is 10.1 Å². The smallest absolute Gasteiger partial charge is 0.0512 e. The predicted molar refractivity (Wildman–Crippen MR) is 66.9 cm³/mol. The molecule has 0 spiro atoms. The fourth-order valence-corrected chi connectivity index (χ4v) is 2.43. The number of hydrogen-bond acceptors (Lipinski definition) is 2. The maximum atomic E-state index is 5.87. The van der Waals surface area contributed by atoms with Crippen molar-refractivity contribution in [3.05, 3.63) is 34.9 Å². The van der Waals surface area contributed by atoms with E-state index in [-0.39, 0.29) is 0 Å². The highest BCUT2D eigenvalue weighted by molar-refractivity contribution is 6.30. The SMILES string of the molecule is CN[C@H]1CCOC[C@@H]1Cc1ccc(Cl)cc1. The highest BCUT2D eigenvalue weighted by Crippen LogP contribution is 2.20. The molecule has 3 heteroatoms. The van der Waals surface area contributed by atoms with Crippen LogP contribution in [-0.4, -0.2) is 26.3 Å². The van der Waals surface area contributed by atoms with Gasteiger partial charge in [0.1, 0.15) is 0 Å². The Morgan fingerprint density at radius 3 is 2.81 bits per heavy atom.